The fraction of sp³-hybridized carbons (Fsp3) is 0.929. The van der Waals surface area contributed by atoms with E-state index in [1.807, 2.05) is 0 Å². The monoisotopic (exact) mass is 275 g/mol. The molecule has 0 unspecified atom stereocenters. The second-order valence-electron chi connectivity index (χ2n) is 4.42. The number of carbonyl (C=O) groups excluding carboxylic acids is 1. The summed E-state index contributed by atoms with van der Waals surface area (Å²) in [5, 5.41) is 2.85. The van der Waals surface area contributed by atoms with E-state index in [-0.39, 0.29) is 12.5 Å². The Hall–Kier alpha value is -0.650. The van der Waals surface area contributed by atoms with Crippen molar-refractivity contribution >= 4 is 5.91 Å². The largest absolute Gasteiger partial charge is 0.382 e. The van der Waals surface area contributed by atoms with E-state index >= 15 is 0 Å². The van der Waals surface area contributed by atoms with E-state index in [9.17, 15) is 4.79 Å². The van der Waals surface area contributed by atoms with Gasteiger partial charge in [-0.1, -0.05) is 32.6 Å². The van der Waals surface area contributed by atoms with E-state index in [4.69, 9.17) is 14.2 Å². The SMILES string of the molecule is CCCCCCCNC(=O)COCCOCCOC. The molecule has 0 rings (SSSR count). The molecule has 0 heterocycles. The number of nitrogens with one attached hydrogen (secondary N) is 1. The smallest absolute Gasteiger partial charge is 0.245 e. The van der Waals surface area contributed by atoms with E-state index in [1.54, 1.807) is 7.11 Å². The van der Waals surface area contributed by atoms with Gasteiger partial charge in [-0.2, -0.15) is 0 Å². The molecule has 0 radical (unpaired) electrons. The molecular formula is C14H29NO4. The molecule has 0 aromatic carbocycles. The van der Waals surface area contributed by atoms with Gasteiger partial charge in [0.25, 0.3) is 0 Å². The normalized spacial score (nSPS) is 10.6. The molecule has 0 saturated heterocycles. The first-order valence-electron chi connectivity index (χ1n) is 7.22. The Morgan fingerprint density at radius 1 is 0.947 bits per heavy atom. The molecule has 1 amide bonds. The van der Waals surface area contributed by atoms with Crippen molar-refractivity contribution in [1.82, 2.24) is 5.32 Å². The summed E-state index contributed by atoms with van der Waals surface area (Å²) in [6.07, 6.45) is 6.00. The fourth-order valence-corrected chi connectivity index (χ4v) is 1.53. The summed E-state index contributed by atoms with van der Waals surface area (Å²) in [6, 6.07) is 0. The van der Waals surface area contributed by atoms with Crippen molar-refractivity contribution < 1.29 is 19.0 Å². The summed E-state index contributed by atoms with van der Waals surface area (Å²) in [6.45, 7) is 5.13. The second kappa shape index (κ2) is 15.4. The molecule has 5 nitrogen and oxygen atoms in total. The van der Waals surface area contributed by atoms with Crippen molar-refractivity contribution in [3.63, 3.8) is 0 Å². The number of amides is 1. The highest BCUT2D eigenvalue weighted by molar-refractivity contribution is 5.77. The van der Waals surface area contributed by atoms with Gasteiger partial charge in [-0.15, -0.1) is 0 Å². The number of rotatable bonds is 14. The molecule has 0 saturated carbocycles. The van der Waals surface area contributed by atoms with Crippen LogP contribution >= 0.6 is 0 Å². The van der Waals surface area contributed by atoms with Gasteiger partial charge in [0.2, 0.25) is 5.91 Å². The molecule has 5 heteroatoms. The molecule has 114 valence electrons. The molecule has 0 fully saturated rings. The predicted molar refractivity (Wildman–Crippen MR) is 75.3 cm³/mol. The van der Waals surface area contributed by atoms with Gasteiger partial charge in [-0.25, -0.2) is 0 Å². The Bertz CT molecular complexity index is 200. The Balaban J connectivity index is 3.13. The van der Waals surface area contributed by atoms with E-state index < -0.39 is 0 Å². The van der Waals surface area contributed by atoms with E-state index in [1.165, 1.54) is 25.7 Å². The number of methoxy groups -OCH3 is 1. The molecule has 0 atom stereocenters. The summed E-state index contributed by atoms with van der Waals surface area (Å²) in [5.74, 6) is -0.0487. The molecule has 0 aromatic heterocycles. The first-order chi connectivity index (χ1) is 9.31. The Morgan fingerprint density at radius 3 is 2.37 bits per heavy atom. The summed E-state index contributed by atoms with van der Waals surface area (Å²) in [5.41, 5.74) is 0. The van der Waals surface area contributed by atoms with Crippen LogP contribution in [-0.4, -0.2) is 52.6 Å². The van der Waals surface area contributed by atoms with Crippen molar-refractivity contribution in [2.24, 2.45) is 0 Å². The van der Waals surface area contributed by atoms with Crippen LogP contribution in [-0.2, 0) is 19.0 Å². The van der Waals surface area contributed by atoms with Gasteiger partial charge in [0.05, 0.1) is 26.4 Å². The Morgan fingerprint density at radius 2 is 1.63 bits per heavy atom. The minimum atomic E-state index is -0.0487. The van der Waals surface area contributed by atoms with Crippen LogP contribution in [0.1, 0.15) is 39.0 Å². The summed E-state index contributed by atoms with van der Waals surface area (Å²) < 4.78 is 15.2. The maximum Gasteiger partial charge on any atom is 0.245 e. The van der Waals surface area contributed by atoms with Crippen molar-refractivity contribution in [1.29, 1.82) is 0 Å². The van der Waals surface area contributed by atoms with E-state index in [0.717, 1.165) is 13.0 Å². The van der Waals surface area contributed by atoms with Crippen molar-refractivity contribution in [3.8, 4) is 0 Å². The highest BCUT2D eigenvalue weighted by Crippen LogP contribution is 2.00. The minimum Gasteiger partial charge on any atom is -0.382 e. The van der Waals surface area contributed by atoms with Crippen LogP contribution in [0.5, 0.6) is 0 Å². The first-order valence-corrected chi connectivity index (χ1v) is 7.22. The average molecular weight is 275 g/mol. The average Bonchev–Trinajstić information content (AvgIpc) is 2.41. The van der Waals surface area contributed by atoms with Crippen LogP contribution < -0.4 is 5.32 Å². The van der Waals surface area contributed by atoms with Gasteiger partial charge in [0.15, 0.2) is 0 Å². The summed E-state index contributed by atoms with van der Waals surface area (Å²) in [4.78, 5) is 11.4. The first kappa shape index (κ1) is 18.4. The second-order valence-corrected chi connectivity index (χ2v) is 4.42. The van der Waals surface area contributed by atoms with Gasteiger partial charge in [-0.3, -0.25) is 4.79 Å². The molecule has 19 heavy (non-hydrogen) atoms. The molecule has 0 aliphatic rings. The number of unbranched alkanes of at least 4 members (excludes halogenated alkanes) is 4. The maximum absolute atomic E-state index is 11.4. The fourth-order valence-electron chi connectivity index (χ4n) is 1.53. The Kier molecular flexibility index (Phi) is 14.9. The third-order valence-electron chi connectivity index (χ3n) is 2.64. The quantitative estimate of drug-likeness (QED) is 0.491. The van der Waals surface area contributed by atoms with Gasteiger partial charge >= 0.3 is 0 Å². The molecule has 0 aromatic rings. The lowest BCUT2D eigenvalue weighted by Crippen LogP contribution is -2.29. The van der Waals surface area contributed by atoms with Crippen LogP contribution in [0.15, 0.2) is 0 Å². The summed E-state index contributed by atoms with van der Waals surface area (Å²) >= 11 is 0. The third kappa shape index (κ3) is 15.3. The number of hydrogen-bond donors (Lipinski definition) is 1. The van der Waals surface area contributed by atoms with Crippen molar-refractivity contribution in [3.05, 3.63) is 0 Å². The van der Waals surface area contributed by atoms with Gasteiger partial charge in [-0.05, 0) is 6.42 Å². The molecule has 0 aliphatic heterocycles. The third-order valence-corrected chi connectivity index (χ3v) is 2.64. The number of hydrogen-bond acceptors (Lipinski definition) is 4. The highest BCUT2D eigenvalue weighted by Gasteiger charge is 2.00. The van der Waals surface area contributed by atoms with Crippen molar-refractivity contribution in [2.45, 2.75) is 39.0 Å². The van der Waals surface area contributed by atoms with Crippen LogP contribution in [0, 0.1) is 0 Å². The van der Waals surface area contributed by atoms with Crippen LogP contribution in [0.3, 0.4) is 0 Å². The van der Waals surface area contributed by atoms with Gasteiger partial charge in [0.1, 0.15) is 6.61 Å². The van der Waals surface area contributed by atoms with Crippen LogP contribution in [0.25, 0.3) is 0 Å². The standard InChI is InChI=1S/C14H29NO4/c1-3-4-5-6-7-8-15-14(16)13-19-12-11-18-10-9-17-2/h3-13H2,1-2H3,(H,15,16). The summed E-state index contributed by atoms with van der Waals surface area (Å²) in [7, 11) is 1.63. The lowest BCUT2D eigenvalue weighted by molar-refractivity contribution is -0.126. The van der Waals surface area contributed by atoms with Gasteiger partial charge in [0, 0.05) is 13.7 Å². The molecular weight excluding hydrogens is 246 g/mol. The van der Waals surface area contributed by atoms with E-state index in [2.05, 4.69) is 12.2 Å². The lowest BCUT2D eigenvalue weighted by atomic mass is 10.1. The molecule has 1 N–H and O–H groups in total. The van der Waals surface area contributed by atoms with Crippen molar-refractivity contribution in [2.75, 3.05) is 46.7 Å². The van der Waals surface area contributed by atoms with Gasteiger partial charge < -0.3 is 19.5 Å². The Labute approximate surface area is 117 Å². The zero-order valence-corrected chi connectivity index (χ0v) is 12.4. The zero-order chi connectivity index (χ0) is 14.2. The molecule has 0 spiro atoms. The van der Waals surface area contributed by atoms with Crippen LogP contribution in [0.2, 0.25) is 0 Å². The lowest BCUT2D eigenvalue weighted by Gasteiger charge is -2.07. The topological polar surface area (TPSA) is 56.8 Å². The number of carbonyl (C=O) groups is 1. The minimum absolute atomic E-state index is 0.0487. The maximum atomic E-state index is 11.4. The molecule has 0 aliphatic carbocycles. The molecule has 0 bridgehead atoms. The predicted octanol–water partition coefficient (Wildman–Crippen LogP) is 1.75. The highest BCUT2D eigenvalue weighted by atomic mass is 16.5. The zero-order valence-electron chi connectivity index (χ0n) is 12.4. The number of ether oxygens (including phenoxy) is 3. The van der Waals surface area contributed by atoms with Crippen LogP contribution in [0.4, 0.5) is 0 Å². The van der Waals surface area contributed by atoms with E-state index in [0.29, 0.717) is 26.4 Å².